The van der Waals surface area contributed by atoms with Gasteiger partial charge in [-0.1, -0.05) is 0 Å². The highest BCUT2D eigenvalue weighted by molar-refractivity contribution is 7.89. The van der Waals surface area contributed by atoms with Crippen molar-refractivity contribution in [3.63, 3.8) is 0 Å². The van der Waals surface area contributed by atoms with E-state index in [1.807, 2.05) is 6.07 Å². The average molecular weight is 408 g/mol. The molecule has 2 aromatic heterocycles. The molecular formula is C18H16N8O2S. The van der Waals surface area contributed by atoms with Gasteiger partial charge >= 0.3 is 0 Å². The molecule has 0 radical (unpaired) electrons. The lowest BCUT2D eigenvalue weighted by molar-refractivity contribution is 0.597. The third kappa shape index (κ3) is 3.96. The van der Waals surface area contributed by atoms with Gasteiger partial charge in [-0.3, -0.25) is 0 Å². The Morgan fingerprint density at radius 3 is 2.66 bits per heavy atom. The van der Waals surface area contributed by atoms with Crippen molar-refractivity contribution in [2.75, 3.05) is 10.6 Å². The minimum absolute atomic E-state index is 0.130. The predicted octanol–water partition coefficient (Wildman–Crippen LogP) is 1.31. The van der Waals surface area contributed by atoms with Crippen LogP contribution < -0.4 is 15.8 Å². The van der Waals surface area contributed by atoms with E-state index < -0.39 is 10.0 Å². The van der Waals surface area contributed by atoms with Gasteiger partial charge in [0.2, 0.25) is 10.0 Å². The molecule has 4 N–H and O–H groups in total. The second kappa shape index (κ2) is 7.05. The van der Waals surface area contributed by atoms with E-state index in [2.05, 4.69) is 26.8 Å². The Hall–Kier alpha value is -3.67. The highest BCUT2D eigenvalue weighted by Crippen LogP contribution is 2.28. The molecule has 0 unspecified atom stereocenters. The summed E-state index contributed by atoms with van der Waals surface area (Å²) in [6.07, 6.45) is 3.60. The van der Waals surface area contributed by atoms with Crippen molar-refractivity contribution < 1.29 is 8.42 Å². The maximum absolute atomic E-state index is 11.7. The van der Waals surface area contributed by atoms with Crippen LogP contribution in [0.3, 0.4) is 0 Å². The van der Waals surface area contributed by atoms with E-state index in [1.54, 1.807) is 12.1 Å². The van der Waals surface area contributed by atoms with Gasteiger partial charge < -0.3 is 10.6 Å². The number of nitrogens with two attached hydrogens (primary N) is 1. The van der Waals surface area contributed by atoms with E-state index in [4.69, 9.17) is 10.4 Å². The molecule has 11 heteroatoms. The SMILES string of the molecule is N#Cc1cc(CNc2cc(NC3CC3)c3ncc(C#N)n3n2)cc(S(N)(=O)=O)c1. The number of nitrogens with zero attached hydrogens (tertiary/aromatic N) is 5. The second-order valence-electron chi connectivity index (χ2n) is 6.73. The molecule has 3 aromatic rings. The number of aromatic nitrogens is 3. The van der Waals surface area contributed by atoms with Gasteiger partial charge in [0.05, 0.1) is 28.4 Å². The number of hydrogen-bond acceptors (Lipinski definition) is 8. The molecule has 2 heterocycles. The number of rotatable bonds is 6. The molecule has 146 valence electrons. The van der Waals surface area contributed by atoms with Crippen molar-refractivity contribution in [3.8, 4) is 12.1 Å². The monoisotopic (exact) mass is 408 g/mol. The molecule has 0 saturated heterocycles. The van der Waals surface area contributed by atoms with Crippen LogP contribution in [0, 0.1) is 22.7 Å². The number of fused-ring (bicyclic) bond motifs is 1. The van der Waals surface area contributed by atoms with Crippen LogP contribution >= 0.6 is 0 Å². The van der Waals surface area contributed by atoms with E-state index in [-0.39, 0.29) is 17.0 Å². The Morgan fingerprint density at radius 1 is 1.21 bits per heavy atom. The van der Waals surface area contributed by atoms with E-state index in [9.17, 15) is 13.7 Å². The number of benzene rings is 1. The summed E-state index contributed by atoms with van der Waals surface area (Å²) in [5.41, 5.74) is 2.35. The Kier molecular flexibility index (Phi) is 4.54. The lowest BCUT2D eigenvalue weighted by Crippen LogP contribution is -2.13. The van der Waals surface area contributed by atoms with Crippen LogP contribution in [0.5, 0.6) is 0 Å². The van der Waals surface area contributed by atoms with Crippen molar-refractivity contribution in [3.05, 3.63) is 47.3 Å². The zero-order chi connectivity index (χ0) is 20.6. The molecule has 1 aliphatic rings. The van der Waals surface area contributed by atoms with Gasteiger partial charge in [0.15, 0.2) is 11.3 Å². The molecule has 1 fully saturated rings. The maximum Gasteiger partial charge on any atom is 0.238 e. The van der Waals surface area contributed by atoms with Crippen LogP contribution in [0.15, 0.2) is 35.4 Å². The van der Waals surface area contributed by atoms with Crippen LogP contribution in [-0.4, -0.2) is 29.1 Å². The average Bonchev–Trinajstić information content (AvgIpc) is 3.41. The molecule has 1 saturated carbocycles. The van der Waals surface area contributed by atoms with Crippen LogP contribution in [0.4, 0.5) is 11.5 Å². The fourth-order valence-electron chi connectivity index (χ4n) is 2.87. The summed E-state index contributed by atoms with van der Waals surface area (Å²) in [6.45, 7) is 0.204. The molecular weight excluding hydrogens is 392 g/mol. The smallest absolute Gasteiger partial charge is 0.238 e. The third-order valence-electron chi connectivity index (χ3n) is 4.42. The highest BCUT2D eigenvalue weighted by atomic mass is 32.2. The predicted molar refractivity (Wildman–Crippen MR) is 104 cm³/mol. The van der Waals surface area contributed by atoms with Crippen LogP contribution in [0.1, 0.15) is 29.7 Å². The number of imidazole rings is 1. The van der Waals surface area contributed by atoms with Crippen LogP contribution in [0.25, 0.3) is 5.65 Å². The Balaban J connectivity index is 1.66. The third-order valence-corrected chi connectivity index (χ3v) is 5.31. The summed E-state index contributed by atoms with van der Waals surface area (Å²) in [7, 11) is -3.94. The summed E-state index contributed by atoms with van der Waals surface area (Å²) < 4.78 is 24.8. The number of sulfonamides is 1. The number of primary sulfonamides is 1. The summed E-state index contributed by atoms with van der Waals surface area (Å²) in [5.74, 6) is 0.467. The molecule has 0 aliphatic heterocycles. The molecule has 1 aliphatic carbocycles. The Bertz CT molecular complexity index is 1300. The first-order valence-electron chi connectivity index (χ1n) is 8.73. The van der Waals surface area contributed by atoms with Gasteiger partial charge in [0.1, 0.15) is 11.9 Å². The van der Waals surface area contributed by atoms with Gasteiger partial charge in [-0.05, 0) is 36.6 Å². The van der Waals surface area contributed by atoms with Crippen molar-refractivity contribution in [2.24, 2.45) is 5.14 Å². The molecule has 1 aromatic carbocycles. The van der Waals surface area contributed by atoms with Gasteiger partial charge in [-0.2, -0.15) is 15.0 Å². The zero-order valence-electron chi connectivity index (χ0n) is 15.1. The number of hydrogen-bond donors (Lipinski definition) is 3. The lowest BCUT2D eigenvalue weighted by atomic mass is 10.1. The van der Waals surface area contributed by atoms with Gasteiger partial charge in [-0.15, -0.1) is 5.10 Å². The minimum Gasteiger partial charge on any atom is -0.379 e. The minimum atomic E-state index is -3.94. The van der Waals surface area contributed by atoms with Crippen molar-refractivity contribution in [1.29, 1.82) is 10.5 Å². The number of anilines is 2. The first kappa shape index (κ1) is 18.7. The Labute approximate surface area is 166 Å². The molecule has 0 atom stereocenters. The molecule has 0 bridgehead atoms. The fraction of sp³-hybridized carbons (Fsp3) is 0.222. The first-order valence-corrected chi connectivity index (χ1v) is 10.3. The summed E-state index contributed by atoms with van der Waals surface area (Å²) in [4.78, 5) is 4.13. The van der Waals surface area contributed by atoms with Gasteiger partial charge in [0, 0.05) is 18.7 Å². The summed E-state index contributed by atoms with van der Waals surface area (Å²) >= 11 is 0. The topological polar surface area (TPSA) is 162 Å². The molecule has 10 nitrogen and oxygen atoms in total. The lowest BCUT2D eigenvalue weighted by Gasteiger charge is -2.12. The summed E-state index contributed by atoms with van der Waals surface area (Å²) in [6, 6.07) is 10.4. The van der Waals surface area contributed by atoms with Crippen molar-refractivity contribution in [2.45, 2.75) is 30.3 Å². The first-order chi connectivity index (χ1) is 13.9. The van der Waals surface area contributed by atoms with Gasteiger partial charge in [0.25, 0.3) is 0 Å². The standard InChI is InChI=1S/C18H16N8O2S/c19-7-11-3-12(5-15(4-11)29(21,27)28)9-22-17-6-16(24-13-1-2-13)18-23-10-14(8-20)26(18)25-17/h3-6,10,13,24H,1-2,9H2,(H,22,25)(H2,21,27,28). The Morgan fingerprint density at radius 2 is 2.00 bits per heavy atom. The van der Waals surface area contributed by atoms with E-state index in [0.29, 0.717) is 28.8 Å². The molecule has 4 rings (SSSR count). The second-order valence-corrected chi connectivity index (χ2v) is 8.29. The van der Waals surface area contributed by atoms with Crippen molar-refractivity contribution in [1.82, 2.24) is 14.6 Å². The maximum atomic E-state index is 11.7. The van der Waals surface area contributed by atoms with Gasteiger partial charge in [-0.25, -0.2) is 18.5 Å². The zero-order valence-corrected chi connectivity index (χ0v) is 15.9. The molecule has 29 heavy (non-hydrogen) atoms. The van der Waals surface area contributed by atoms with Crippen LogP contribution in [-0.2, 0) is 16.6 Å². The molecule has 0 spiro atoms. The molecule has 0 amide bonds. The largest absolute Gasteiger partial charge is 0.379 e. The van der Waals surface area contributed by atoms with E-state index >= 15 is 0 Å². The summed E-state index contributed by atoms with van der Waals surface area (Å²) in [5, 5.41) is 34.5. The number of nitriles is 2. The quantitative estimate of drug-likeness (QED) is 0.550. The normalized spacial score (nSPS) is 13.6. The fourth-order valence-corrected chi connectivity index (χ4v) is 3.48. The van der Waals surface area contributed by atoms with E-state index in [0.717, 1.165) is 18.5 Å². The van der Waals surface area contributed by atoms with Crippen molar-refractivity contribution >= 4 is 27.2 Å². The highest BCUT2D eigenvalue weighted by Gasteiger charge is 2.23. The number of nitrogens with one attached hydrogen (secondary N) is 2. The van der Waals surface area contributed by atoms with E-state index in [1.165, 1.54) is 22.8 Å². The van der Waals surface area contributed by atoms with Crippen LogP contribution in [0.2, 0.25) is 0 Å².